The van der Waals surface area contributed by atoms with E-state index in [-0.39, 0.29) is 5.54 Å². The second-order valence-electron chi connectivity index (χ2n) is 4.89. The second kappa shape index (κ2) is 4.59. The van der Waals surface area contributed by atoms with Gasteiger partial charge < -0.3 is 5.73 Å². The Morgan fingerprint density at radius 1 is 1.22 bits per heavy atom. The molecule has 18 heavy (non-hydrogen) atoms. The number of fused-ring (bicyclic) bond motifs is 1. The molecule has 4 heteroatoms. The van der Waals surface area contributed by atoms with Gasteiger partial charge in [0.2, 0.25) is 5.95 Å². The van der Waals surface area contributed by atoms with Gasteiger partial charge in [0.05, 0.1) is 0 Å². The first kappa shape index (κ1) is 12.9. The highest BCUT2D eigenvalue weighted by Gasteiger charge is 2.30. The van der Waals surface area contributed by atoms with Gasteiger partial charge in [-0.1, -0.05) is 20.8 Å². The molecule has 0 radical (unpaired) electrons. The van der Waals surface area contributed by atoms with Crippen molar-refractivity contribution < 1.29 is 0 Å². The number of aromatic nitrogens is 3. The molecular formula is C14H22N4. The number of imidazole rings is 1. The van der Waals surface area contributed by atoms with E-state index in [0.29, 0.717) is 5.95 Å². The molecular weight excluding hydrogens is 224 g/mol. The van der Waals surface area contributed by atoms with Crippen molar-refractivity contribution in [2.45, 2.75) is 52.5 Å². The number of anilines is 1. The highest BCUT2D eigenvalue weighted by Crippen LogP contribution is 2.35. The molecule has 0 unspecified atom stereocenters. The Labute approximate surface area is 108 Å². The van der Waals surface area contributed by atoms with Crippen LogP contribution in [-0.4, -0.2) is 14.5 Å². The van der Waals surface area contributed by atoms with Crippen LogP contribution in [0.25, 0.3) is 11.2 Å². The van der Waals surface area contributed by atoms with E-state index < -0.39 is 0 Å². The zero-order valence-corrected chi connectivity index (χ0v) is 11.7. The number of nitrogens with two attached hydrogens (primary N) is 1. The van der Waals surface area contributed by atoms with Crippen LogP contribution in [-0.2, 0) is 5.54 Å². The zero-order chi connectivity index (χ0) is 13.3. The Morgan fingerprint density at radius 2 is 1.83 bits per heavy atom. The monoisotopic (exact) mass is 246 g/mol. The SMILES string of the molecule is CCC(CC)(CC)n1c(N)nc2c(C)ccnc21. The van der Waals surface area contributed by atoms with Gasteiger partial charge in [-0.05, 0) is 37.8 Å². The van der Waals surface area contributed by atoms with Gasteiger partial charge >= 0.3 is 0 Å². The topological polar surface area (TPSA) is 56.7 Å². The predicted octanol–water partition coefficient (Wildman–Crippen LogP) is 3.25. The van der Waals surface area contributed by atoms with Crippen LogP contribution in [0.1, 0.15) is 45.6 Å². The van der Waals surface area contributed by atoms with Crippen LogP contribution < -0.4 is 5.73 Å². The van der Waals surface area contributed by atoms with Crippen molar-refractivity contribution in [1.82, 2.24) is 14.5 Å². The Balaban J connectivity index is 2.78. The lowest BCUT2D eigenvalue weighted by molar-refractivity contribution is 0.261. The van der Waals surface area contributed by atoms with Crippen LogP contribution in [0.4, 0.5) is 5.95 Å². The van der Waals surface area contributed by atoms with Crippen LogP contribution in [0.5, 0.6) is 0 Å². The highest BCUT2D eigenvalue weighted by molar-refractivity contribution is 5.77. The van der Waals surface area contributed by atoms with Crippen molar-refractivity contribution in [3.05, 3.63) is 17.8 Å². The van der Waals surface area contributed by atoms with E-state index in [1.165, 1.54) is 0 Å². The van der Waals surface area contributed by atoms with E-state index in [2.05, 4.69) is 35.3 Å². The summed E-state index contributed by atoms with van der Waals surface area (Å²) >= 11 is 0. The minimum Gasteiger partial charge on any atom is -0.369 e. The third-order valence-corrected chi connectivity index (χ3v) is 4.22. The van der Waals surface area contributed by atoms with Gasteiger partial charge in [0.1, 0.15) is 5.52 Å². The third kappa shape index (κ3) is 1.67. The quantitative estimate of drug-likeness (QED) is 0.901. The molecule has 0 aromatic carbocycles. The molecule has 0 aliphatic carbocycles. The number of hydrogen-bond donors (Lipinski definition) is 1. The molecule has 0 fully saturated rings. The van der Waals surface area contributed by atoms with Gasteiger partial charge in [-0.25, -0.2) is 9.97 Å². The van der Waals surface area contributed by atoms with Gasteiger partial charge in [0.25, 0.3) is 0 Å². The van der Waals surface area contributed by atoms with Crippen LogP contribution in [0.3, 0.4) is 0 Å². The molecule has 0 aliphatic rings. The summed E-state index contributed by atoms with van der Waals surface area (Å²) in [5.74, 6) is 0.581. The summed E-state index contributed by atoms with van der Waals surface area (Å²) in [5.41, 5.74) is 9.14. The molecule has 98 valence electrons. The van der Waals surface area contributed by atoms with Crippen LogP contribution in [0.15, 0.2) is 12.3 Å². The summed E-state index contributed by atoms with van der Waals surface area (Å²) in [6.45, 7) is 8.66. The maximum atomic E-state index is 6.15. The largest absolute Gasteiger partial charge is 0.369 e. The van der Waals surface area contributed by atoms with E-state index in [4.69, 9.17) is 5.73 Å². The summed E-state index contributed by atoms with van der Waals surface area (Å²) in [4.78, 5) is 8.99. The fourth-order valence-electron chi connectivity index (χ4n) is 2.80. The molecule has 0 atom stereocenters. The molecule has 0 amide bonds. The summed E-state index contributed by atoms with van der Waals surface area (Å²) in [6, 6.07) is 1.98. The van der Waals surface area contributed by atoms with Crippen molar-refractivity contribution >= 4 is 17.1 Å². The normalized spacial score (nSPS) is 12.2. The van der Waals surface area contributed by atoms with E-state index in [9.17, 15) is 0 Å². The van der Waals surface area contributed by atoms with E-state index in [0.717, 1.165) is 36.0 Å². The number of hydrogen-bond acceptors (Lipinski definition) is 3. The zero-order valence-electron chi connectivity index (χ0n) is 11.7. The fourth-order valence-corrected chi connectivity index (χ4v) is 2.80. The standard InChI is InChI=1S/C14H22N4/c1-5-14(6-2,7-3)18-12-11(17-13(18)15)10(4)8-9-16-12/h8-9H,5-7H2,1-4H3,(H2,15,17). The molecule has 2 N–H and O–H groups in total. The average molecular weight is 246 g/mol. The predicted molar refractivity (Wildman–Crippen MR) is 75.5 cm³/mol. The lowest BCUT2D eigenvalue weighted by atomic mass is 9.89. The first-order valence-corrected chi connectivity index (χ1v) is 6.69. The Hall–Kier alpha value is -1.58. The molecule has 0 aliphatic heterocycles. The second-order valence-corrected chi connectivity index (χ2v) is 4.89. The molecule has 4 nitrogen and oxygen atoms in total. The maximum Gasteiger partial charge on any atom is 0.202 e. The molecule has 2 heterocycles. The molecule has 0 saturated heterocycles. The van der Waals surface area contributed by atoms with Crippen molar-refractivity contribution in [3.63, 3.8) is 0 Å². The Morgan fingerprint density at radius 3 is 2.39 bits per heavy atom. The number of rotatable bonds is 4. The third-order valence-electron chi connectivity index (χ3n) is 4.22. The lowest BCUT2D eigenvalue weighted by Gasteiger charge is -2.33. The van der Waals surface area contributed by atoms with Gasteiger partial charge in [-0.2, -0.15) is 0 Å². The summed E-state index contributed by atoms with van der Waals surface area (Å²) in [7, 11) is 0. The minimum atomic E-state index is 0.0274. The van der Waals surface area contributed by atoms with Crippen LogP contribution in [0, 0.1) is 6.92 Å². The molecule has 0 bridgehead atoms. The van der Waals surface area contributed by atoms with Gasteiger partial charge in [0.15, 0.2) is 5.65 Å². The smallest absolute Gasteiger partial charge is 0.202 e. The molecule has 2 rings (SSSR count). The van der Waals surface area contributed by atoms with Gasteiger partial charge in [0, 0.05) is 11.7 Å². The van der Waals surface area contributed by atoms with Crippen LogP contribution >= 0.6 is 0 Å². The lowest BCUT2D eigenvalue weighted by Crippen LogP contribution is -2.32. The maximum absolute atomic E-state index is 6.15. The number of pyridine rings is 1. The number of nitrogens with zero attached hydrogens (tertiary/aromatic N) is 3. The highest BCUT2D eigenvalue weighted by atomic mass is 15.2. The van der Waals surface area contributed by atoms with E-state index in [1.807, 2.05) is 19.2 Å². The van der Waals surface area contributed by atoms with Gasteiger partial charge in [-0.3, -0.25) is 4.57 Å². The summed E-state index contributed by atoms with van der Waals surface area (Å²) in [5, 5.41) is 0. The van der Waals surface area contributed by atoms with Crippen molar-refractivity contribution in [1.29, 1.82) is 0 Å². The van der Waals surface area contributed by atoms with Crippen molar-refractivity contribution in [2.75, 3.05) is 5.73 Å². The molecule has 2 aromatic rings. The van der Waals surface area contributed by atoms with Gasteiger partial charge in [-0.15, -0.1) is 0 Å². The van der Waals surface area contributed by atoms with Crippen molar-refractivity contribution in [2.24, 2.45) is 0 Å². The first-order chi connectivity index (χ1) is 8.59. The molecule has 0 saturated carbocycles. The average Bonchev–Trinajstić information content (AvgIpc) is 2.72. The Kier molecular flexibility index (Phi) is 3.28. The number of aryl methyl sites for hydroxylation is 1. The molecule has 0 spiro atoms. The summed E-state index contributed by atoms with van der Waals surface area (Å²) in [6.07, 6.45) is 4.93. The van der Waals surface area contributed by atoms with E-state index >= 15 is 0 Å². The number of nitrogen functional groups attached to an aromatic ring is 1. The first-order valence-electron chi connectivity index (χ1n) is 6.69. The summed E-state index contributed by atoms with van der Waals surface area (Å²) < 4.78 is 2.13. The van der Waals surface area contributed by atoms with E-state index in [1.54, 1.807) is 0 Å². The fraction of sp³-hybridized carbons (Fsp3) is 0.571. The van der Waals surface area contributed by atoms with Crippen LogP contribution in [0.2, 0.25) is 0 Å². The van der Waals surface area contributed by atoms with Crippen molar-refractivity contribution in [3.8, 4) is 0 Å². The molecule has 2 aromatic heterocycles. The Bertz CT molecular complexity index is 544. The minimum absolute atomic E-state index is 0.0274.